The summed E-state index contributed by atoms with van der Waals surface area (Å²) in [7, 11) is 0. The zero-order chi connectivity index (χ0) is 14.5. The number of alkyl halides is 3. The predicted molar refractivity (Wildman–Crippen MR) is 62.4 cm³/mol. The van der Waals surface area contributed by atoms with Gasteiger partial charge in [-0.25, -0.2) is 0 Å². The maximum absolute atomic E-state index is 12.9. The van der Waals surface area contributed by atoms with Crippen LogP contribution in [0.4, 0.5) is 13.2 Å². The Morgan fingerprint density at radius 1 is 1.42 bits per heavy atom. The first kappa shape index (κ1) is 15.4. The summed E-state index contributed by atoms with van der Waals surface area (Å²) in [4.78, 5) is 15.5. The van der Waals surface area contributed by atoms with E-state index in [1.54, 1.807) is 19.1 Å². The number of carbonyl (C=O) groups is 1. The number of carboxylic acid groups (broad SMARTS) is 1. The number of nitrogens with zero attached hydrogens (tertiary/aromatic N) is 2. The van der Waals surface area contributed by atoms with Crippen LogP contribution in [0.2, 0.25) is 0 Å². The van der Waals surface area contributed by atoms with E-state index in [4.69, 9.17) is 5.11 Å². The molecule has 1 aromatic rings. The Hall–Kier alpha value is -1.63. The molecule has 0 aliphatic rings. The number of pyridine rings is 1. The Morgan fingerprint density at radius 3 is 2.42 bits per heavy atom. The first-order valence-electron chi connectivity index (χ1n) is 5.76. The summed E-state index contributed by atoms with van der Waals surface area (Å²) in [6.07, 6.45) is -2.55. The van der Waals surface area contributed by atoms with E-state index >= 15 is 0 Å². The van der Waals surface area contributed by atoms with Crippen molar-refractivity contribution in [2.75, 3.05) is 6.54 Å². The fourth-order valence-corrected chi connectivity index (χ4v) is 1.78. The molecule has 7 heteroatoms. The van der Waals surface area contributed by atoms with Gasteiger partial charge < -0.3 is 5.11 Å². The van der Waals surface area contributed by atoms with Crippen molar-refractivity contribution in [2.24, 2.45) is 0 Å². The van der Waals surface area contributed by atoms with Crippen LogP contribution >= 0.6 is 0 Å². The van der Waals surface area contributed by atoms with Crippen LogP contribution in [0.3, 0.4) is 0 Å². The maximum Gasteiger partial charge on any atom is 0.404 e. The van der Waals surface area contributed by atoms with Gasteiger partial charge in [-0.3, -0.25) is 14.7 Å². The lowest BCUT2D eigenvalue weighted by Gasteiger charge is -2.31. The SMILES string of the molecule is CCN(Cc1ccncc1)C(CC(=O)O)C(F)(F)F. The molecule has 0 saturated heterocycles. The zero-order valence-corrected chi connectivity index (χ0v) is 10.4. The van der Waals surface area contributed by atoms with Crippen molar-refractivity contribution in [2.45, 2.75) is 32.1 Å². The molecule has 1 aromatic heterocycles. The Balaban J connectivity index is 2.87. The van der Waals surface area contributed by atoms with E-state index in [1.807, 2.05) is 0 Å². The molecule has 0 amide bonds. The average Bonchev–Trinajstić information content (AvgIpc) is 2.33. The number of hydrogen-bond donors (Lipinski definition) is 1. The summed E-state index contributed by atoms with van der Waals surface area (Å²) in [5.74, 6) is -1.46. The highest BCUT2D eigenvalue weighted by Crippen LogP contribution is 2.28. The minimum Gasteiger partial charge on any atom is -0.481 e. The third kappa shape index (κ3) is 4.86. The van der Waals surface area contributed by atoms with Crippen molar-refractivity contribution in [3.05, 3.63) is 30.1 Å². The van der Waals surface area contributed by atoms with Crippen LogP contribution in [-0.4, -0.2) is 39.7 Å². The highest BCUT2D eigenvalue weighted by molar-refractivity contribution is 5.67. The molecule has 0 radical (unpaired) electrons. The third-order valence-electron chi connectivity index (χ3n) is 2.73. The lowest BCUT2D eigenvalue weighted by Crippen LogP contribution is -2.46. The van der Waals surface area contributed by atoms with E-state index in [0.29, 0.717) is 5.56 Å². The van der Waals surface area contributed by atoms with Gasteiger partial charge in [0, 0.05) is 18.9 Å². The van der Waals surface area contributed by atoms with Crippen LogP contribution in [0.25, 0.3) is 0 Å². The molecule has 0 spiro atoms. The second-order valence-electron chi connectivity index (χ2n) is 4.07. The molecule has 0 bridgehead atoms. The lowest BCUT2D eigenvalue weighted by atomic mass is 10.1. The molecule has 19 heavy (non-hydrogen) atoms. The van der Waals surface area contributed by atoms with Crippen LogP contribution in [-0.2, 0) is 11.3 Å². The van der Waals surface area contributed by atoms with E-state index in [1.165, 1.54) is 12.4 Å². The summed E-state index contributed by atoms with van der Waals surface area (Å²) in [6.45, 7) is 1.72. The molecule has 0 saturated carbocycles. The first-order valence-corrected chi connectivity index (χ1v) is 5.76. The number of hydrogen-bond acceptors (Lipinski definition) is 3. The van der Waals surface area contributed by atoms with E-state index in [2.05, 4.69) is 4.98 Å². The summed E-state index contributed by atoms with van der Waals surface area (Å²) < 4.78 is 38.7. The van der Waals surface area contributed by atoms with Gasteiger partial charge in [0.2, 0.25) is 0 Å². The highest BCUT2D eigenvalue weighted by atomic mass is 19.4. The van der Waals surface area contributed by atoms with E-state index < -0.39 is 24.6 Å². The molecule has 106 valence electrons. The minimum atomic E-state index is -4.57. The van der Waals surface area contributed by atoms with Crippen molar-refractivity contribution >= 4 is 5.97 Å². The molecule has 1 heterocycles. The van der Waals surface area contributed by atoms with E-state index in [-0.39, 0.29) is 13.1 Å². The number of rotatable bonds is 6. The molecule has 1 N–H and O–H groups in total. The van der Waals surface area contributed by atoms with Crippen LogP contribution in [0, 0.1) is 0 Å². The quantitative estimate of drug-likeness (QED) is 0.866. The number of halogens is 3. The van der Waals surface area contributed by atoms with Crippen LogP contribution in [0.1, 0.15) is 18.9 Å². The Labute approximate surface area is 108 Å². The van der Waals surface area contributed by atoms with Gasteiger partial charge in [-0.2, -0.15) is 13.2 Å². The zero-order valence-electron chi connectivity index (χ0n) is 10.4. The average molecular weight is 276 g/mol. The molecule has 0 fully saturated rings. The van der Waals surface area contributed by atoms with Crippen LogP contribution < -0.4 is 0 Å². The van der Waals surface area contributed by atoms with Crippen molar-refractivity contribution in [3.63, 3.8) is 0 Å². The molecule has 1 unspecified atom stereocenters. The molecular weight excluding hydrogens is 261 g/mol. The van der Waals surface area contributed by atoms with Crippen molar-refractivity contribution in [1.29, 1.82) is 0 Å². The summed E-state index contributed by atoms with van der Waals surface area (Å²) in [5, 5.41) is 8.62. The van der Waals surface area contributed by atoms with Gasteiger partial charge in [0.25, 0.3) is 0 Å². The number of carboxylic acids is 1. The fraction of sp³-hybridized carbons (Fsp3) is 0.500. The fourth-order valence-electron chi connectivity index (χ4n) is 1.78. The highest BCUT2D eigenvalue weighted by Gasteiger charge is 2.44. The molecule has 0 aliphatic heterocycles. The Bertz CT molecular complexity index is 409. The van der Waals surface area contributed by atoms with Crippen molar-refractivity contribution < 1.29 is 23.1 Å². The van der Waals surface area contributed by atoms with E-state index in [9.17, 15) is 18.0 Å². The monoisotopic (exact) mass is 276 g/mol. The van der Waals surface area contributed by atoms with Gasteiger partial charge in [0.05, 0.1) is 6.42 Å². The summed E-state index contributed by atoms with van der Waals surface area (Å²) >= 11 is 0. The molecule has 4 nitrogen and oxygen atoms in total. The molecular formula is C12H15F3N2O2. The van der Waals surface area contributed by atoms with Crippen molar-refractivity contribution in [1.82, 2.24) is 9.88 Å². The van der Waals surface area contributed by atoms with Gasteiger partial charge >= 0.3 is 12.1 Å². The molecule has 1 atom stereocenters. The standard InChI is InChI=1S/C12H15F3N2O2/c1-2-17(8-9-3-5-16-6-4-9)10(7-11(18)19)12(13,14)15/h3-6,10H,2,7-8H2,1H3,(H,18,19). The largest absolute Gasteiger partial charge is 0.481 e. The number of aromatic nitrogens is 1. The van der Waals surface area contributed by atoms with E-state index in [0.717, 1.165) is 4.90 Å². The smallest absolute Gasteiger partial charge is 0.404 e. The second kappa shape index (κ2) is 6.51. The summed E-state index contributed by atoms with van der Waals surface area (Å²) in [6, 6.07) is 1.23. The Morgan fingerprint density at radius 2 is 2.00 bits per heavy atom. The van der Waals surface area contributed by atoms with Gasteiger partial charge in [-0.1, -0.05) is 6.92 Å². The minimum absolute atomic E-state index is 0.0382. The first-order chi connectivity index (χ1) is 8.84. The molecule has 0 aliphatic carbocycles. The molecule has 0 aromatic carbocycles. The second-order valence-corrected chi connectivity index (χ2v) is 4.07. The number of aliphatic carboxylic acids is 1. The summed E-state index contributed by atoms with van der Waals surface area (Å²) in [5.41, 5.74) is 0.663. The van der Waals surface area contributed by atoms with Crippen LogP contribution in [0.15, 0.2) is 24.5 Å². The van der Waals surface area contributed by atoms with Gasteiger partial charge in [0.15, 0.2) is 0 Å². The lowest BCUT2D eigenvalue weighted by molar-refractivity contribution is -0.191. The maximum atomic E-state index is 12.9. The predicted octanol–water partition coefficient (Wildman–Crippen LogP) is 2.31. The van der Waals surface area contributed by atoms with Crippen LogP contribution in [0.5, 0.6) is 0 Å². The third-order valence-corrected chi connectivity index (χ3v) is 2.73. The topological polar surface area (TPSA) is 53.4 Å². The normalized spacial score (nSPS) is 13.5. The van der Waals surface area contributed by atoms with Crippen molar-refractivity contribution in [3.8, 4) is 0 Å². The Kier molecular flexibility index (Phi) is 5.29. The van der Waals surface area contributed by atoms with Gasteiger partial charge in [-0.15, -0.1) is 0 Å². The molecule has 1 rings (SSSR count). The van der Waals surface area contributed by atoms with Gasteiger partial charge in [0.1, 0.15) is 6.04 Å². The van der Waals surface area contributed by atoms with Gasteiger partial charge in [-0.05, 0) is 24.2 Å².